The number of anilines is 1. The van der Waals surface area contributed by atoms with Crippen LogP contribution in [-0.2, 0) is 0 Å². The third-order valence-electron chi connectivity index (χ3n) is 5.40. The first kappa shape index (κ1) is 19.2. The number of halogens is 1. The lowest BCUT2D eigenvalue weighted by atomic mass is 9.81. The quantitative estimate of drug-likeness (QED) is 0.511. The number of benzene rings is 2. The molecule has 1 aromatic heterocycles. The van der Waals surface area contributed by atoms with Gasteiger partial charge in [0.15, 0.2) is 10.9 Å². The summed E-state index contributed by atoms with van der Waals surface area (Å²) in [5, 5.41) is 5.20. The van der Waals surface area contributed by atoms with Crippen molar-refractivity contribution in [3.63, 3.8) is 0 Å². The second kappa shape index (κ2) is 8.10. The van der Waals surface area contributed by atoms with Crippen molar-refractivity contribution in [1.82, 2.24) is 4.98 Å². The highest BCUT2D eigenvalue weighted by molar-refractivity contribution is 7.22. The number of hydrogen-bond donors (Lipinski definition) is 1. The van der Waals surface area contributed by atoms with Gasteiger partial charge in [0, 0.05) is 17.0 Å². The molecule has 3 aromatic rings. The summed E-state index contributed by atoms with van der Waals surface area (Å²) in [6.07, 6.45) is 3.68. The molecule has 1 saturated carbocycles. The zero-order valence-electron chi connectivity index (χ0n) is 16.0. The van der Waals surface area contributed by atoms with Crippen LogP contribution >= 0.6 is 22.9 Å². The molecule has 146 valence electrons. The number of nitrogens with one attached hydrogen (secondary N) is 1. The number of ether oxygens (including phenoxy) is 1. The molecule has 0 unspecified atom stereocenters. The van der Waals surface area contributed by atoms with Crippen molar-refractivity contribution in [2.75, 3.05) is 12.4 Å². The van der Waals surface area contributed by atoms with E-state index in [0.29, 0.717) is 17.4 Å². The molecular weight excluding hydrogens is 392 g/mol. The number of ketones is 1. The van der Waals surface area contributed by atoms with E-state index in [4.69, 9.17) is 16.3 Å². The average Bonchev–Trinajstić information content (AvgIpc) is 3.09. The summed E-state index contributed by atoms with van der Waals surface area (Å²) >= 11 is 7.69. The minimum absolute atomic E-state index is 0.0583. The van der Waals surface area contributed by atoms with E-state index in [1.54, 1.807) is 18.4 Å². The molecule has 0 spiro atoms. The first-order chi connectivity index (χ1) is 13.5. The zero-order chi connectivity index (χ0) is 19.7. The normalized spacial score (nSPS) is 19.5. The van der Waals surface area contributed by atoms with Crippen LogP contribution in [0, 0.1) is 12.8 Å². The molecule has 0 atom stereocenters. The number of methoxy groups -OCH3 is 1. The molecule has 0 bridgehead atoms. The molecule has 0 radical (unpaired) electrons. The van der Waals surface area contributed by atoms with Gasteiger partial charge < -0.3 is 10.1 Å². The summed E-state index contributed by atoms with van der Waals surface area (Å²) < 4.78 is 6.49. The largest absolute Gasteiger partial charge is 0.496 e. The molecule has 28 heavy (non-hydrogen) atoms. The summed E-state index contributed by atoms with van der Waals surface area (Å²) in [6, 6.07) is 11.9. The smallest absolute Gasteiger partial charge is 0.184 e. The van der Waals surface area contributed by atoms with Gasteiger partial charge in [-0.2, -0.15) is 0 Å². The summed E-state index contributed by atoms with van der Waals surface area (Å²) in [5.41, 5.74) is 2.75. The first-order valence-electron chi connectivity index (χ1n) is 9.55. The molecule has 0 aliphatic heterocycles. The van der Waals surface area contributed by atoms with Gasteiger partial charge in [0.25, 0.3) is 0 Å². The van der Waals surface area contributed by atoms with Crippen molar-refractivity contribution in [2.45, 2.75) is 38.6 Å². The third kappa shape index (κ3) is 4.01. The lowest BCUT2D eigenvalue weighted by Crippen LogP contribution is -2.29. The second-order valence-electron chi connectivity index (χ2n) is 7.39. The number of Topliss-reactive ketones (excluding diaryl/α,β-unsaturated/α-hetero) is 1. The Morgan fingerprint density at radius 2 is 1.96 bits per heavy atom. The van der Waals surface area contributed by atoms with Crippen LogP contribution in [-0.4, -0.2) is 23.9 Å². The monoisotopic (exact) mass is 414 g/mol. The van der Waals surface area contributed by atoms with Crippen molar-refractivity contribution < 1.29 is 9.53 Å². The van der Waals surface area contributed by atoms with E-state index in [-0.39, 0.29) is 11.7 Å². The highest BCUT2D eigenvalue weighted by Gasteiger charge is 2.29. The highest BCUT2D eigenvalue weighted by Crippen LogP contribution is 2.34. The third-order valence-corrected chi connectivity index (χ3v) is 6.58. The molecule has 0 amide bonds. The average molecular weight is 415 g/mol. The van der Waals surface area contributed by atoms with Crippen molar-refractivity contribution in [3.05, 3.63) is 52.5 Å². The highest BCUT2D eigenvalue weighted by atomic mass is 35.5. The van der Waals surface area contributed by atoms with Crippen molar-refractivity contribution in [3.8, 4) is 5.75 Å². The summed E-state index contributed by atoms with van der Waals surface area (Å²) in [6.45, 7) is 2.00. The number of carbonyl (C=O) groups is 1. The van der Waals surface area contributed by atoms with Crippen molar-refractivity contribution in [1.29, 1.82) is 0 Å². The van der Waals surface area contributed by atoms with Crippen LogP contribution in [0.3, 0.4) is 0 Å². The maximum atomic E-state index is 13.0. The molecule has 1 aliphatic rings. The minimum atomic E-state index is 0.0583. The Balaban J connectivity index is 1.40. The SMILES string of the molecule is COc1ccc(C)cc1C(=O)C1CCC(Nc2nc3ccc(Cl)cc3s2)CC1. The molecule has 1 heterocycles. The van der Waals surface area contributed by atoms with Crippen LogP contribution < -0.4 is 10.1 Å². The number of carbonyl (C=O) groups excluding carboxylic acids is 1. The van der Waals surface area contributed by atoms with Gasteiger partial charge in [-0.05, 0) is 62.9 Å². The Morgan fingerprint density at radius 1 is 1.18 bits per heavy atom. The van der Waals surface area contributed by atoms with Gasteiger partial charge in [-0.25, -0.2) is 4.98 Å². The van der Waals surface area contributed by atoms with E-state index in [2.05, 4.69) is 10.3 Å². The van der Waals surface area contributed by atoms with Crippen LogP contribution in [0.15, 0.2) is 36.4 Å². The number of rotatable bonds is 5. The lowest BCUT2D eigenvalue weighted by molar-refractivity contribution is 0.0883. The van der Waals surface area contributed by atoms with Crippen LogP contribution in [0.4, 0.5) is 5.13 Å². The topological polar surface area (TPSA) is 51.2 Å². The molecular formula is C22H23ClN2O2S. The Hall–Kier alpha value is -2.11. The van der Waals surface area contributed by atoms with Gasteiger partial charge in [-0.1, -0.05) is 34.6 Å². The molecule has 1 aliphatic carbocycles. The minimum Gasteiger partial charge on any atom is -0.496 e. The Kier molecular flexibility index (Phi) is 5.56. The van der Waals surface area contributed by atoms with E-state index >= 15 is 0 Å². The number of hydrogen-bond acceptors (Lipinski definition) is 5. The zero-order valence-corrected chi connectivity index (χ0v) is 17.6. The van der Waals surface area contributed by atoms with Crippen molar-refractivity contribution in [2.24, 2.45) is 5.92 Å². The van der Waals surface area contributed by atoms with E-state index in [1.165, 1.54) is 0 Å². The first-order valence-corrected chi connectivity index (χ1v) is 10.7. The standard InChI is InChI=1S/C22H23ClN2O2S/c1-13-3-10-19(27-2)17(11-13)21(26)14-4-7-16(8-5-14)24-22-25-18-9-6-15(23)12-20(18)28-22/h3,6,9-12,14,16H,4-5,7-8H2,1-2H3,(H,24,25). The lowest BCUT2D eigenvalue weighted by Gasteiger charge is -2.28. The number of aromatic nitrogens is 1. The van der Waals surface area contributed by atoms with Gasteiger partial charge in [0.1, 0.15) is 5.75 Å². The molecule has 1 N–H and O–H groups in total. The predicted octanol–water partition coefficient (Wildman–Crippen LogP) is 6.12. The van der Waals surface area contributed by atoms with Crippen LogP contribution in [0.25, 0.3) is 10.2 Å². The van der Waals surface area contributed by atoms with E-state index < -0.39 is 0 Å². The number of aryl methyl sites for hydroxylation is 1. The van der Waals surface area contributed by atoms with Crippen LogP contribution in [0.5, 0.6) is 5.75 Å². The predicted molar refractivity (Wildman–Crippen MR) is 116 cm³/mol. The van der Waals surface area contributed by atoms with Crippen LogP contribution in [0.1, 0.15) is 41.6 Å². The fourth-order valence-corrected chi connectivity index (χ4v) is 5.09. The fraction of sp³-hybridized carbons (Fsp3) is 0.364. The van der Waals surface area contributed by atoms with Gasteiger partial charge in [0.2, 0.25) is 0 Å². The second-order valence-corrected chi connectivity index (χ2v) is 8.86. The summed E-state index contributed by atoms with van der Waals surface area (Å²) in [4.78, 5) is 17.7. The van der Waals surface area contributed by atoms with Gasteiger partial charge >= 0.3 is 0 Å². The Bertz CT molecular complexity index is 1010. The number of nitrogens with zero attached hydrogens (tertiary/aromatic N) is 1. The molecule has 4 rings (SSSR count). The van der Waals surface area contributed by atoms with Gasteiger partial charge in [0.05, 0.1) is 22.9 Å². The molecule has 4 nitrogen and oxygen atoms in total. The Labute approximate surface area is 173 Å². The van der Waals surface area contributed by atoms with E-state index in [9.17, 15) is 4.79 Å². The maximum absolute atomic E-state index is 13.0. The summed E-state index contributed by atoms with van der Waals surface area (Å²) in [5.74, 6) is 0.931. The van der Waals surface area contributed by atoms with E-state index in [0.717, 1.165) is 51.6 Å². The maximum Gasteiger partial charge on any atom is 0.184 e. The van der Waals surface area contributed by atoms with Crippen molar-refractivity contribution >= 4 is 44.1 Å². The number of fused-ring (bicyclic) bond motifs is 1. The fourth-order valence-electron chi connectivity index (χ4n) is 3.87. The molecule has 0 saturated heterocycles. The van der Waals surface area contributed by atoms with Gasteiger partial charge in [-0.3, -0.25) is 4.79 Å². The molecule has 6 heteroatoms. The molecule has 1 fully saturated rings. The van der Waals surface area contributed by atoms with E-state index in [1.807, 2.05) is 43.3 Å². The molecule has 2 aromatic carbocycles. The van der Waals surface area contributed by atoms with Crippen LogP contribution in [0.2, 0.25) is 5.02 Å². The van der Waals surface area contributed by atoms with Gasteiger partial charge in [-0.15, -0.1) is 0 Å². The Morgan fingerprint density at radius 3 is 2.71 bits per heavy atom. The number of thiazole rings is 1. The summed E-state index contributed by atoms with van der Waals surface area (Å²) in [7, 11) is 1.62.